The predicted molar refractivity (Wildman–Crippen MR) is 117 cm³/mol. The molecule has 0 unspecified atom stereocenters. The van der Waals surface area contributed by atoms with Gasteiger partial charge < -0.3 is 9.88 Å². The van der Waals surface area contributed by atoms with Gasteiger partial charge in [0.25, 0.3) is 0 Å². The molecule has 30 heavy (non-hydrogen) atoms. The summed E-state index contributed by atoms with van der Waals surface area (Å²) in [5, 5.41) is 19.4. The fraction of sp³-hybridized carbons (Fsp3) is 0.381. The molecular weight excluding hydrogens is 407 g/mol. The van der Waals surface area contributed by atoms with Crippen LogP contribution < -0.4 is 5.06 Å². The molecule has 3 aromatic rings. The molecule has 9 heteroatoms. The van der Waals surface area contributed by atoms with Crippen molar-refractivity contribution in [3.05, 3.63) is 52.7 Å². The highest BCUT2D eigenvalue weighted by atomic mass is 35.5. The zero-order valence-electron chi connectivity index (χ0n) is 17.5. The molecule has 0 atom stereocenters. The number of fused-ring (bicyclic) bond motifs is 1. The van der Waals surface area contributed by atoms with E-state index in [1.807, 2.05) is 0 Å². The standard InChI is InChI=1S/C21H26ClFN6O/c1-21(2,3)12-28(4)10-8-17-26-18-14(7-9-25-20(18)27-17)19(24)29(30)13-5-6-16(23)15(22)11-13/h5-7,9,11,24,30H,8,10,12H2,1-4H3,(H,25,26,27). The number of pyridine rings is 1. The maximum Gasteiger partial charge on any atom is 0.178 e. The van der Waals surface area contributed by atoms with Crippen LogP contribution in [-0.2, 0) is 6.42 Å². The van der Waals surface area contributed by atoms with E-state index >= 15 is 0 Å². The van der Waals surface area contributed by atoms with Crippen molar-refractivity contribution >= 4 is 34.3 Å². The van der Waals surface area contributed by atoms with E-state index in [0.29, 0.717) is 28.2 Å². The fourth-order valence-electron chi connectivity index (χ4n) is 3.32. The second-order valence-electron chi connectivity index (χ2n) is 8.55. The van der Waals surface area contributed by atoms with E-state index in [2.05, 4.69) is 47.7 Å². The molecule has 0 saturated carbocycles. The third-order valence-electron chi connectivity index (χ3n) is 4.53. The summed E-state index contributed by atoms with van der Waals surface area (Å²) in [6.07, 6.45) is 2.24. The quantitative estimate of drug-likeness (QED) is 0.303. The second-order valence-corrected chi connectivity index (χ2v) is 8.96. The number of likely N-dealkylation sites (N-methyl/N-ethyl adjacent to an activating group) is 1. The molecule has 0 saturated heterocycles. The van der Waals surface area contributed by atoms with Crippen LogP contribution in [0.3, 0.4) is 0 Å². The summed E-state index contributed by atoms with van der Waals surface area (Å²) in [6, 6.07) is 5.36. The van der Waals surface area contributed by atoms with Gasteiger partial charge in [-0.15, -0.1) is 0 Å². The molecule has 0 aliphatic heterocycles. The Hall–Kier alpha value is -2.55. The molecule has 0 amide bonds. The van der Waals surface area contributed by atoms with Gasteiger partial charge in [0.2, 0.25) is 0 Å². The number of nitrogens with zero attached hydrogens (tertiary/aromatic N) is 4. The molecule has 2 aromatic heterocycles. The second kappa shape index (κ2) is 8.67. The highest BCUT2D eigenvalue weighted by Gasteiger charge is 2.19. The molecule has 0 aliphatic carbocycles. The van der Waals surface area contributed by atoms with Crippen LogP contribution in [0.2, 0.25) is 5.02 Å². The molecule has 7 nitrogen and oxygen atoms in total. The van der Waals surface area contributed by atoms with Crippen molar-refractivity contribution < 1.29 is 9.60 Å². The first-order valence-corrected chi connectivity index (χ1v) is 9.98. The lowest BCUT2D eigenvalue weighted by Gasteiger charge is -2.26. The maximum atomic E-state index is 13.4. The average molecular weight is 433 g/mol. The lowest BCUT2D eigenvalue weighted by Crippen LogP contribution is -2.31. The molecule has 160 valence electrons. The van der Waals surface area contributed by atoms with Gasteiger partial charge in [0, 0.05) is 31.3 Å². The summed E-state index contributed by atoms with van der Waals surface area (Å²) in [5.74, 6) is -0.0424. The van der Waals surface area contributed by atoms with Crippen molar-refractivity contribution in [2.45, 2.75) is 27.2 Å². The number of hydrogen-bond donors (Lipinski definition) is 3. The number of hydroxylamine groups is 1. The molecule has 3 N–H and O–H groups in total. The van der Waals surface area contributed by atoms with E-state index < -0.39 is 5.82 Å². The van der Waals surface area contributed by atoms with Crippen molar-refractivity contribution in [1.82, 2.24) is 19.9 Å². The third kappa shape index (κ3) is 5.13. The number of nitrogens with one attached hydrogen (secondary N) is 2. The van der Waals surface area contributed by atoms with E-state index in [1.165, 1.54) is 18.3 Å². The molecule has 0 aliphatic rings. The molecule has 0 radical (unpaired) electrons. The Morgan fingerprint density at radius 3 is 2.70 bits per heavy atom. The number of aromatic amines is 1. The predicted octanol–water partition coefficient (Wildman–Crippen LogP) is 4.49. The van der Waals surface area contributed by atoms with E-state index in [9.17, 15) is 9.60 Å². The van der Waals surface area contributed by atoms with E-state index in [4.69, 9.17) is 17.0 Å². The number of rotatable bonds is 6. The van der Waals surface area contributed by atoms with Gasteiger partial charge in [0.1, 0.15) is 11.6 Å². The highest BCUT2D eigenvalue weighted by Crippen LogP contribution is 2.24. The minimum absolute atomic E-state index is 0.137. The molecule has 2 heterocycles. The van der Waals surface area contributed by atoms with E-state index in [-0.39, 0.29) is 22.0 Å². The average Bonchev–Trinajstić information content (AvgIpc) is 3.09. The molecule has 0 bridgehead atoms. The number of imidazole rings is 1. The lowest BCUT2D eigenvalue weighted by molar-refractivity contribution is 0.228. The van der Waals surface area contributed by atoms with Gasteiger partial charge in [-0.2, -0.15) is 0 Å². The Balaban J connectivity index is 1.81. The number of benzene rings is 1. The van der Waals surface area contributed by atoms with Crippen LogP contribution >= 0.6 is 11.6 Å². The maximum absolute atomic E-state index is 13.4. The summed E-state index contributed by atoms with van der Waals surface area (Å²) in [4.78, 5) is 14.3. The Labute approximate surface area is 180 Å². The topological polar surface area (TPSA) is 92.1 Å². The van der Waals surface area contributed by atoms with Gasteiger partial charge in [-0.05, 0) is 36.7 Å². The van der Waals surface area contributed by atoms with Gasteiger partial charge in [-0.3, -0.25) is 10.6 Å². The number of halogens is 2. The van der Waals surface area contributed by atoms with Crippen LogP contribution in [0.5, 0.6) is 0 Å². The third-order valence-corrected chi connectivity index (χ3v) is 4.82. The first kappa shape index (κ1) is 22.1. The number of aromatic nitrogens is 3. The van der Waals surface area contributed by atoms with Crippen LogP contribution in [0.25, 0.3) is 11.2 Å². The number of amidine groups is 1. The number of H-pyrrole nitrogens is 1. The van der Waals surface area contributed by atoms with Gasteiger partial charge in [-0.25, -0.2) is 19.4 Å². The number of hydrogen-bond acceptors (Lipinski definition) is 5. The van der Waals surface area contributed by atoms with Crippen LogP contribution in [-0.4, -0.2) is 51.0 Å². The summed E-state index contributed by atoms with van der Waals surface area (Å²) in [5.41, 5.74) is 1.84. The van der Waals surface area contributed by atoms with Crippen LogP contribution in [0.4, 0.5) is 10.1 Å². The Morgan fingerprint density at radius 1 is 1.30 bits per heavy atom. The summed E-state index contributed by atoms with van der Waals surface area (Å²) in [6.45, 7) is 8.37. The molecule has 3 rings (SSSR count). The van der Waals surface area contributed by atoms with E-state index in [0.717, 1.165) is 25.0 Å². The fourth-order valence-corrected chi connectivity index (χ4v) is 3.49. The van der Waals surface area contributed by atoms with Gasteiger partial charge >= 0.3 is 0 Å². The minimum Gasteiger partial charge on any atom is -0.340 e. The smallest absolute Gasteiger partial charge is 0.178 e. The molecule has 0 fully saturated rings. The van der Waals surface area contributed by atoms with Crippen molar-refractivity contribution in [2.75, 3.05) is 25.2 Å². The van der Waals surface area contributed by atoms with Crippen molar-refractivity contribution in [3.63, 3.8) is 0 Å². The monoisotopic (exact) mass is 432 g/mol. The Morgan fingerprint density at radius 2 is 2.03 bits per heavy atom. The largest absolute Gasteiger partial charge is 0.340 e. The van der Waals surface area contributed by atoms with Crippen molar-refractivity contribution in [2.24, 2.45) is 5.41 Å². The molecule has 0 spiro atoms. The number of anilines is 1. The Kier molecular flexibility index (Phi) is 6.40. The summed E-state index contributed by atoms with van der Waals surface area (Å²) >= 11 is 5.79. The van der Waals surface area contributed by atoms with Gasteiger partial charge in [0.15, 0.2) is 11.5 Å². The summed E-state index contributed by atoms with van der Waals surface area (Å²) < 4.78 is 13.4. The normalized spacial score (nSPS) is 12.0. The van der Waals surface area contributed by atoms with Crippen molar-refractivity contribution in [3.8, 4) is 0 Å². The minimum atomic E-state index is -0.596. The van der Waals surface area contributed by atoms with Crippen LogP contribution in [0.1, 0.15) is 32.2 Å². The zero-order valence-corrected chi connectivity index (χ0v) is 18.3. The highest BCUT2D eigenvalue weighted by molar-refractivity contribution is 6.31. The zero-order chi connectivity index (χ0) is 22.1. The Bertz CT molecular complexity index is 1060. The molecular formula is C21H26ClFN6O. The van der Waals surface area contributed by atoms with Crippen molar-refractivity contribution in [1.29, 1.82) is 5.41 Å². The molecule has 1 aromatic carbocycles. The first-order valence-electron chi connectivity index (χ1n) is 9.60. The first-order chi connectivity index (χ1) is 14.0. The lowest BCUT2D eigenvalue weighted by atomic mass is 9.96. The van der Waals surface area contributed by atoms with Crippen LogP contribution in [0.15, 0.2) is 30.5 Å². The van der Waals surface area contributed by atoms with E-state index in [1.54, 1.807) is 6.07 Å². The van der Waals surface area contributed by atoms with Crippen LogP contribution in [0, 0.1) is 16.6 Å². The van der Waals surface area contributed by atoms with Gasteiger partial charge in [0.05, 0.1) is 16.2 Å². The van der Waals surface area contributed by atoms with Gasteiger partial charge in [-0.1, -0.05) is 32.4 Å². The SMILES string of the molecule is CN(CCc1nc2nccc(C(=N)N(O)c3ccc(F)c(Cl)c3)c2[nH]1)CC(C)(C)C. The summed E-state index contributed by atoms with van der Waals surface area (Å²) in [7, 11) is 2.07.